The van der Waals surface area contributed by atoms with Crippen molar-refractivity contribution in [3.05, 3.63) is 24.3 Å². The fourth-order valence-electron chi connectivity index (χ4n) is 5.55. The Morgan fingerprint density at radius 2 is 0.769 bits per heavy atom. The lowest BCUT2D eigenvalue weighted by molar-refractivity contribution is -0.116. The summed E-state index contributed by atoms with van der Waals surface area (Å²) in [7, 11) is 0. The smallest absolute Gasteiger partial charge is 0.224 e. The highest BCUT2D eigenvalue weighted by atomic mass is 16.3. The van der Waals surface area contributed by atoms with Gasteiger partial charge in [0.2, 0.25) is 5.91 Å². The van der Waals surface area contributed by atoms with Gasteiger partial charge in [-0.05, 0) is 30.7 Å². The summed E-state index contributed by atoms with van der Waals surface area (Å²) in [6, 6.07) is 6.65. The number of unbranched alkanes of at least 4 members (excludes halogenated alkanes) is 26. The Bertz CT molecular complexity index is 642. The SMILES string of the molecule is CCCCCCCCCCCCCCCCCCCCCCCCCCCCCC(=O)Nc1ccc(O)cc1. The van der Waals surface area contributed by atoms with Crippen LogP contribution in [0.4, 0.5) is 5.69 Å². The summed E-state index contributed by atoms with van der Waals surface area (Å²) in [5, 5.41) is 12.2. The molecule has 1 amide bonds. The molecule has 0 spiro atoms. The number of anilines is 1. The van der Waals surface area contributed by atoms with Gasteiger partial charge in [0.15, 0.2) is 0 Å². The van der Waals surface area contributed by atoms with Crippen LogP contribution in [-0.4, -0.2) is 11.0 Å². The Kier molecular flexibility index (Phi) is 25.5. The maximum atomic E-state index is 12.0. The zero-order valence-corrected chi connectivity index (χ0v) is 26.0. The minimum atomic E-state index is 0.0697. The van der Waals surface area contributed by atoms with Gasteiger partial charge in [-0.25, -0.2) is 0 Å². The summed E-state index contributed by atoms with van der Waals surface area (Å²) in [5.41, 5.74) is 0.753. The highest BCUT2D eigenvalue weighted by molar-refractivity contribution is 5.90. The van der Waals surface area contributed by atoms with E-state index in [-0.39, 0.29) is 11.7 Å². The van der Waals surface area contributed by atoms with Crippen LogP contribution in [0, 0.1) is 0 Å². The molecule has 0 aliphatic carbocycles. The number of aromatic hydroxyl groups is 1. The summed E-state index contributed by atoms with van der Waals surface area (Å²) in [6.45, 7) is 2.30. The lowest BCUT2D eigenvalue weighted by Gasteiger charge is -2.06. The molecule has 3 nitrogen and oxygen atoms in total. The van der Waals surface area contributed by atoms with Crippen LogP contribution in [0.3, 0.4) is 0 Å². The van der Waals surface area contributed by atoms with Crippen molar-refractivity contribution in [2.24, 2.45) is 0 Å². The van der Waals surface area contributed by atoms with E-state index in [0.717, 1.165) is 18.5 Å². The van der Waals surface area contributed by atoms with E-state index < -0.39 is 0 Å². The topological polar surface area (TPSA) is 49.3 Å². The number of phenols is 1. The van der Waals surface area contributed by atoms with Gasteiger partial charge in [0.05, 0.1) is 0 Å². The maximum absolute atomic E-state index is 12.0. The van der Waals surface area contributed by atoms with E-state index in [1.165, 1.54) is 161 Å². The number of carbonyl (C=O) groups excluding carboxylic acids is 1. The molecule has 3 heteroatoms. The number of benzene rings is 1. The molecule has 226 valence electrons. The van der Waals surface area contributed by atoms with Gasteiger partial charge in [0, 0.05) is 12.1 Å². The van der Waals surface area contributed by atoms with Crippen LogP contribution < -0.4 is 5.32 Å². The number of amides is 1. The first kappa shape index (κ1) is 35.5. The second-order valence-electron chi connectivity index (χ2n) is 12.0. The normalized spacial score (nSPS) is 11.2. The standard InChI is InChI=1S/C36H65NO2/c1-2-3-4-5-6-7-8-9-10-11-12-13-14-15-16-17-18-19-20-21-22-23-24-25-26-27-28-29-36(39)37-34-30-32-35(38)33-31-34/h30-33,38H,2-29H2,1H3,(H,37,39). The molecule has 39 heavy (non-hydrogen) atoms. The number of hydrogen-bond donors (Lipinski definition) is 2. The number of carbonyl (C=O) groups is 1. The molecule has 1 aromatic rings. The first-order chi connectivity index (χ1) is 19.2. The highest BCUT2D eigenvalue weighted by Crippen LogP contribution is 2.17. The Morgan fingerprint density at radius 3 is 1.08 bits per heavy atom. The number of nitrogens with one attached hydrogen (secondary N) is 1. The lowest BCUT2D eigenvalue weighted by atomic mass is 10.0. The molecule has 1 rings (SSSR count). The average molecular weight is 544 g/mol. The van der Waals surface area contributed by atoms with Gasteiger partial charge >= 0.3 is 0 Å². The minimum absolute atomic E-state index is 0.0697. The fraction of sp³-hybridized carbons (Fsp3) is 0.806. The molecule has 0 fully saturated rings. The number of hydrogen-bond acceptors (Lipinski definition) is 2. The van der Waals surface area contributed by atoms with Crippen molar-refractivity contribution in [2.75, 3.05) is 5.32 Å². The van der Waals surface area contributed by atoms with Crippen molar-refractivity contribution in [1.29, 1.82) is 0 Å². The quantitative estimate of drug-likeness (QED) is 0.0779. The van der Waals surface area contributed by atoms with Crippen LogP contribution in [0.25, 0.3) is 0 Å². The van der Waals surface area contributed by atoms with Gasteiger partial charge in [-0.1, -0.05) is 174 Å². The van der Waals surface area contributed by atoms with Gasteiger partial charge in [-0.15, -0.1) is 0 Å². The largest absolute Gasteiger partial charge is 0.508 e. The molecule has 0 heterocycles. The average Bonchev–Trinajstić information content (AvgIpc) is 2.94. The van der Waals surface area contributed by atoms with Crippen LogP contribution in [0.2, 0.25) is 0 Å². The predicted molar refractivity (Wildman–Crippen MR) is 172 cm³/mol. The van der Waals surface area contributed by atoms with Gasteiger partial charge in [-0.3, -0.25) is 4.79 Å². The van der Waals surface area contributed by atoms with Crippen molar-refractivity contribution in [2.45, 2.75) is 187 Å². The molecule has 0 saturated heterocycles. The maximum Gasteiger partial charge on any atom is 0.224 e. The molecular formula is C36H65NO2. The van der Waals surface area contributed by atoms with Crippen molar-refractivity contribution in [3.63, 3.8) is 0 Å². The summed E-state index contributed by atoms with van der Waals surface area (Å²) in [4.78, 5) is 12.0. The van der Waals surface area contributed by atoms with Crippen LogP contribution in [-0.2, 0) is 4.79 Å². The third-order valence-corrected chi connectivity index (χ3v) is 8.16. The van der Waals surface area contributed by atoms with E-state index in [4.69, 9.17) is 0 Å². The molecule has 0 aromatic heterocycles. The Balaban J connectivity index is 1.68. The summed E-state index contributed by atoms with van der Waals surface area (Å²) >= 11 is 0. The van der Waals surface area contributed by atoms with Gasteiger partial charge in [0.1, 0.15) is 5.75 Å². The molecule has 0 unspecified atom stereocenters. The molecule has 0 aliphatic rings. The van der Waals surface area contributed by atoms with Crippen LogP contribution in [0.1, 0.15) is 187 Å². The first-order valence-corrected chi connectivity index (χ1v) is 17.3. The van der Waals surface area contributed by atoms with E-state index in [9.17, 15) is 9.90 Å². The lowest BCUT2D eigenvalue weighted by Crippen LogP contribution is -2.10. The third kappa shape index (κ3) is 25.2. The zero-order chi connectivity index (χ0) is 28.1. The zero-order valence-electron chi connectivity index (χ0n) is 26.0. The number of rotatable bonds is 29. The summed E-state index contributed by atoms with van der Waals surface area (Å²) < 4.78 is 0. The van der Waals surface area contributed by atoms with Gasteiger partial charge < -0.3 is 10.4 Å². The van der Waals surface area contributed by atoms with Crippen molar-refractivity contribution in [3.8, 4) is 5.75 Å². The van der Waals surface area contributed by atoms with Gasteiger partial charge in [-0.2, -0.15) is 0 Å². The second-order valence-corrected chi connectivity index (χ2v) is 12.0. The molecule has 0 radical (unpaired) electrons. The van der Waals surface area contributed by atoms with E-state index in [2.05, 4.69) is 12.2 Å². The third-order valence-electron chi connectivity index (χ3n) is 8.16. The fourth-order valence-corrected chi connectivity index (χ4v) is 5.55. The van der Waals surface area contributed by atoms with Crippen molar-refractivity contribution in [1.82, 2.24) is 0 Å². The van der Waals surface area contributed by atoms with Crippen LogP contribution >= 0.6 is 0 Å². The molecule has 0 atom stereocenters. The monoisotopic (exact) mass is 544 g/mol. The predicted octanol–water partition coefficient (Wildman–Crippen LogP) is 12.3. The molecule has 2 N–H and O–H groups in total. The Hall–Kier alpha value is -1.51. The van der Waals surface area contributed by atoms with Crippen molar-refractivity contribution >= 4 is 11.6 Å². The van der Waals surface area contributed by atoms with Crippen molar-refractivity contribution < 1.29 is 9.90 Å². The molecule has 0 bridgehead atoms. The van der Waals surface area contributed by atoms with Gasteiger partial charge in [0.25, 0.3) is 0 Å². The molecule has 1 aromatic carbocycles. The van der Waals surface area contributed by atoms with Crippen LogP contribution in [0.5, 0.6) is 5.75 Å². The number of phenolic OH excluding ortho intramolecular Hbond substituents is 1. The molecular weight excluding hydrogens is 478 g/mol. The van der Waals surface area contributed by atoms with E-state index in [0.29, 0.717) is 6.42 Å². The Labute approximate surface area is 243 Å². The minimum Gasteiger partial charge on any atom is -0.508 e. The Morgan fingerprint density at radius 1 is 0.487 bits per heavy atom. The summed E-state index contributed by atoms with van der Waals surface area (Å²) in [6.07, 6.45) is 38.4. The van der Waals surface area contributed by atoms with E-state index in [1.807, 2.05) is 0 Å². The highest BCUT2D eigenvalue weighted by Gasteiger charge is 2.02. The van der Waals surface area contributed by atoms with E-state index >= 15 is 0 Å². The second kappa shape index (κ2) is 28.0. The summed E-state index contributed by atoms with van der Waals surface area (Å²) in [5.74, 6) is 0.291. The molecule has 0 saturated carbocycles. The molecule has 0 aliphatic heterocycles. The van der Waals surface area contributed by atoms with E-state index in [1.54, 1.807) is 24.3 Å². The first-order valence-electron chi connectivity index (χ1n) is 17.3. The van der Waals surface area contributed by atoms with Crippen LogP contribution in [0.15, 0.2) is 24.3 Å².